The van der Waals surface area contributed by atoms with E-state index in [0.29, 0.717) is 13.2 Å². The van der Waals surface area contributed by atoms with E-state index in [1.807, 2.05) is 0 Å². The molecule has 0 bridgehead atoms. The molecule has 1 aliphatic heterocycles. The van der Waals surface area contributed by atoms with Crippen molar-refractivity contribution in [3.05, 3.63) is 47.8 Å². The number of nitrogens with zero attached hydrogens (tertiary/aromatic N) is 2. The predicted octanol–water partition coefficient (Wildman–Crippen LogP) is 2.85. The first kappa shape index (κ1) is 18.2. The summed E-state index contributed by atoms with van der Waals surface area (Å²) in [5, 5.41) is 6.80. The summed E-state index contributed by atoms with van der Waals surface area (Å²) in [6, 6.07) is 6.09. The van der Waals surface area contributed by atoms with Gasteiger partial charge in [-0.05, 0) is 37.1 Å². The van der Waals surface area contributed by atoms with Gasteiger partial charge in [-0.3, -0.25) is 4.79 Å². The molecule has 9 heteroatoms. The molecule has 2 aromatic rings. The number of nitrogens with one attached hydrogen (secondary N) is 1. The van der Waals surface area contributed by atoms with Gasteiger partial charge in [0.1, 0.15) is 11.4 Å². The molecule has 1 fully saturated rings. The van der Waals surface area contributed by atoms with Gasteiger partial charge in [-0.15, -0.1) is 0 Å². The molecule has 0 aliphatic carbocycles. The minimum absolute atomic E-state index is 0.0327. The lowest BCUT2D eigenvalue weighted by atomic mass is 10.2. The third kappa shape index (κ3) is 4.75. The maximum atomic E-state index is 12.7. The Morgan fingerprint density at radius 3 is 2.96 bits per heavy atom. The number of amides is 1. The summed E-state index contributed by atoms with van der Waals surface area (Å²) in [7, 11) is 0. The van der Waals surface area contributed by atoms with Gasteiger partial charge in [-0.2, -0.15) is 18.3 Å². The number of hydrogen-bond donors (Lipinski definition) is 1. The van der Waals surface area contributed by atoms with Gasteiger partial charge < -0.3 is 14.8 Å². The maximum Gasteiger partial charge on any atom is 0.416 e. The van der Waals surface area contributed by atoms with E-state index in [1.54, 1.807) is 0 Å². The van der Waals surface area contributed by atoms with Crippen LogP contribution in [0.1, 0.15) is 28.9 Å². The number of rotatable bonds is 6. The molecule has 0 spiro atoms. The monoisotopic (exact) mass is 369 g/mol. The summed E-state index contributed by atoms with van der Waals surface area (Å²) in [5.41, 5.74) is -0.583. The zero-order valence-corrected chi connectivity index (χ0v) is 13.8. The van der Waals surface area contributed by atoms with E-state index in [1.165, 1.54) is 29.1 Å². The Hall–Kier alpha value is -2.55. The van der Waals surface area contributed by atoms with E-state index in [2.05, 4.69) is 10.4 Å². The van der Waals surface area contributed by atoms with Crippen molar-refractivity contribution in [3.63, 3.8) is 0 Å². The highest BCUT2D eigenvalue weighted by Gasteiger charge is 2.30. The Morgan fingerprint density at radius 2 is 2.23 bits per heavy atom. The van der Waals surface area contributed by atoms with Crippen LogP contribution in [0, 0.1) is 0 Å². The normalized spacial score (nSPS) is 17.3. The highest BCUT2D eigenvalue weighted by atomic mass is 19.4. The number of carbonyl (C=O) groups is 1. The fourth-order valence-electron chi connectivity index (χ4n) is 2.56. The van der Waals surface area contributed by atoms with Crippen LogP contribution in [0.4, 0.5) is 13.2 Å². The second-order valence-electron chi connectivity index (χ2n) is 5.88. The second kappa shape index (κ2) is 7.77. The van der Waals surface area contributed by atoms with Crippen LogP contribution >= 0.6 is 0 Å². The first-order chi connectivity index (χ1) is 12.4. The number of benzene rings is 1. The molecule has 3 rings (SSSR count). The third-order valence-electron chi connectivity index (χ3n) is 3.91. The summed E-state index contributed by atoms with van der Waals surface area (Å²) >= 11 is 0. The zero-order valence-electron chi connectivity index (χ0n) is 13.8. The van der Waals surface area contributed by atoms with Crippen molar-refractivity contribution in [2.45, 2.75) is 31.9 Å². The molecule has 140 valence electrons. The molecule has 1 saturated heterocycles. The maximum absolute atomic E-state index is 12.7. The van der Waals surface area contributed by atoms with Crippen LogP contribution < -0.4 is 10.1 Å². The van der Waals surface area contributed by atoms with E-state index in [9.17, 15) is 18.0 Å². The smallest absolute Gasteiger partial charge is 0.416 e. The van der Waals surface area contributed by atoms with Crippen molar-refractivity contribution < 1.29 is 27.4 Å². The quantitative estimate of drug-likeness (QED) is 0.850. The lowest BCUT2D eigenvalue weighted by Crippen LogP contribution is -2.32. The fraction of sp³-hybridized carbons (Fsp3) is 0.412. The van der Waals surface area contributed by atoms with Gasteiger partial charge in [-0.25, -0.2) is 4.68 Å². The Morgan fingerprint density at radius 1 is 1.38 bits per heavy atom. The summed E-state index contributed by atoms with van der Waals surface area (Å²) in [6.07, 6.45) is -0.972. The predicted molar refractivity (Wildman–Crippen MR) is 85.6 cm³/mol. The molecule has 1 atom stereocenters. The van der Waals surface area contributed by atoms with Crippen molar-refractivity contribution in [2.24, 2.45) is 0 Å². The Kier molecular flexibility index (Phi) is 5.46. The van der Waals surface area contributed by atoms with E-state index in [0.717, 1.165) is 25.0 Å². The molecule has 0 saturated carbocycles. The second-order valence-corrected chi connectivity index (χ2v) is 5.88. The Bertz CT molecular complexity index is 755. The number of carbonyl (C=O) groups excluding carboxylic acids is 1. The molecular weight excluding hydrogens is 351 g/mol. The molecular formula is C17H18F3N3O3. The van der Waals surface area contributed by atoms with Gasteiger partial charge in [0.2, 0.25) is 0 Å². The van der Waals surface area contributed by atoms with Gasteiger partial charge in [0.05, 0.1) is 11.7 Å². The Balaban J connectivity index is 1.52. The molecule has 1 aromatic carbocycles. The summed E-state index contributed by atoms with van der Waals surface area (Å²) in [5.74, 6) is -0.266. The number of halogens is 3. The highest BCUT2D eigenvalue weighted by Crippen LogP contribution is 2.31. The lowest BCUT2D eigenvalue weighted by Gasteiger charge is -2.10. The van der Waals surface area contributed by atoms with Gasteiger partial charge >= 0.3 is 6.18 Å². The largest absolute Gasteiger partial charge is 0.471 e. The van der Waals surface area contributed by atoms with Crippen molar-refractivity contribution in [1.82, 2.24) is 15.1 Å². The van der Waals surface area contributed by atoms with Crippen LogP contribution in [0.25, 0.3) is 0 Å². The lowest BCUT2D eigenvalue weighted by molar-refractivity contribution is -0.137. The highest BCUT2D eigenvalue weighted by molar-refractivity contribution is 5.92. The van der Waals surface area contributed by atoms with Gasteiger partial charge in [-0.1, -0.05) is 6.07 Å². The van der Waals surface area contributed by atoms with Crippen molar-refractivity contribution in [2.75, 3.05) is 13.2 Å². The molecule has 1 aliphatic rings. The molecule has 1 amide bonds. The van der Waals surface area contributed by atoms with Crippen LogP contribution in [0.5, 0.6) is 5.75 Å². The average molecular weight is 369 g/mol. The van der Waals surface area contributed by atoms with Gasteiger partial charge in [0, 0.05) is 19.3 Å². The van der Waals surface area contributed by atoms with E-state index in [4.69, 9.17) is 9.47 Å². The third-order valence-corrected chi connectivity index (χ3v) is 3.91. The first-order valence-electron chi connectivity index (χ1n) is 8.15. The number of alkyl halides is 3. The van der Waals surface area contributed by atoms with E-state index in [-0.39, 0.29) is 30.2 Å². The molecule has 26 heavy (non-hydrogen) atoms. The van der Waals surface area contributed by atoms with Crippen molar-refractivity contribution in [1.29, 1.82) is 0 Å². The number of aromatic nitrogens is 2. The van der Waals surface area contributed by atoms with Gasteiger partial charge in [0.15, 0.2) is 6.73 Å². The number of ether oxygens (including phenoxy) is 2. The summed E-state index contributed by atoms with van der Waals surface area (Å²) in [6.45, 7) is 1.02. The summed E-state index contributed by atoms with van der Waals surface area (Å²) < 4.78 is 50.1. The standard InChI is InChI=1S/C17H18F3N3O3/c18-17(19,20)12-3-1-4-13(9-12)26-11-23-7-6-15(22-23)16(24)21-10-14-5-2-8-25-14/h1,3-4,6-7,9,14H,2,5,8,10-11H2,(H,21,24). The van der Waals surface area contributed by atoms with E-state index >= 15 is 0 Å². The molecule has 1 unspecified atom stereocenters. The van der Waals surface area contributed by atoms with Crippen molar-refractivity contribution in [3.8, 4) is 5.75 Å². The average Bonchev–Trinajstić information content (AvgIpc) is 3.29. The van der Waals surface area contributed by atoms with Crippen LogP contribution in [0.2, 0.25) is 0 Å². The van der Waals surface area contributed by atoms with Crippen LogP contribution in [-0.4, -0.2) is 34.9 Å². The SMILES string of the molecule is O=C(NCC1CCCO1)c1ccn(COc2cccc(C(F)(F)F)c2)n1. The fourth-order valence-corrected chi connectivity index (χ4v) is 2.56. The topological polar surface area (TPSA) is 65.4 Å². The van der Waals surface area contributed by atoms with Crippen LogP contribution in [-0.2, 0) is 17.6 Å². The van der Waals surface area contributed by atoms with Crippen LogP contribution in [0.3, 0.4) is 0 Å². The minimum atomic E-state index is -4.43. The molecule has 0 radical (unpaired) electrons. The van der Waals surface area contributed by atoms with Gasteiger partial charge in [0.25, 0.3) is 5.91 Å². The molecule has 2 heterocycles. The first-order valence-corrected chi connectivity index (χ1v) is 8.15. The van der Waals surface area contributed by atoms with Crippen LogP contribution in [0.15, 0.2) is 36.5 Å². The Labute approximate surface area is 147 Å². The molecule has 1 N–H and O–H groups in total. The molecule has 1 aromatic heterocycles. The van der Waals surface area contributed by atoms with Crippen molar-refractivity contribution >= 4 is 5.91 Å². The number of hydrogen-bond acceptors (Lipinski definition) is 4. The molecule has 6 nitrogen and oxygen atoms in total. The summed E-state index contributed by atoms with van der Waals surface area (Å²) in [4.78, 5) is 12.0. The zero-order chi connectivity index (χ0) is 18.6. The van der Waals surface area contributed by atoms with E-state index < -0.39 is 11.7 Å². The minimum Gasteiger partial charge on any atom is -0.471 e.